The van der Waals surface area contributed by atoms with Gasteiger partial charge >= 0.3 is 0 Å². The van der Waals surface area contributed by atoms with Crippen molar-refractivity contribution in [2.24, 2.45) is 0 Å². The summed E-state index contributed by atoms with van der Waals surface area (Å²) in [6.45, 7) is 9.60. The molecule has 3 aliphatic rings. The van der Waals surface area contributed by atoms with Gasteiger partial charge in [0.2, 0.25) is 0 Å². The SMILES string of the molecule is CC(=O)CCC(c1cccc(N2CCC(N3CCN(c4ccc(CCc5ncc6cc(C(=O)N(C)C)n(C7CCCC7)c6n5)nc4)CC3)CC2)c1)C(C)O. The zero-order valence-electron chi connectivity index (χ0n) is 32.7. The number of carbonyl (C=O) groups excluding carboxylic acids is 2. The van der Waals surface area contributed by atoms with Gasteiger partial charge in [0.05, 0.1) is 18.0 Å². The van der Waals surface area contributed by atoms with E-state index in [1.165, 1.54) is 24.2 Å². The van der Waals surface area contributed by atoms with Crippen molar-refractivity contribution in [2.45, 2.75) is 102 Å². The van der Waals surface area contributed by atoms with Gasteiger partial charge < -0.3 is 29.2 Å². The van der Waals surface area contributed by atoms with Crippen LogP contribution in [-0.4, -0.2) is 112 Å². The Kier molecular flexibility index (Phi) is 11.9. The minimum absolute atomic E-state index is 0.0125. The van der Waals surface area contributed by atoms with E-state index in [4.69, 9.17) is 9.97 Å². The summed E-state index contributed by atoms with van der Waals surface area (Å²) in [6.07, 6.45) is 12.9. The fraction of sp³-hybridized carbons (Fsp3) is 0.558. The first-order chi connectivity index (χ1) is 26.1. The van der Waals surface area contributed by atoms with Crippen LogP contribution in [0.2, 0.25) is 0 Å². The number of carbonyl (C=O) groups is 2. The zero-order valence-corrected chi connectivity index (χ0v) is 32.7. The topological polar surface area (TPSA) is 111 Å². The predicted octanol–water partition coefficient (Wildman–Crippen LogP) is 6.05. The van der Waals surface area contributed by atoms with E-state index in [9.17, 15) is 14.7 Å². The predicted molar refractivity (Wildman–Crippen MR) is 214 cm³/mol. The highest BCUT2D eigenvalue weighted by molar-refractivity contribution is 5.97. The number of nitrogens with zero attached hydrogens (tertiary/aromatic N) is 8. The number of hydrogen-bond donors (Lipinski definition) is 1. The molecule has 1 aromatic carbocycles. The molecule has 1 saturated carbocycles. The summed E-state index contributed by atoms with van der Waals surface area (Å²) in [5.41, 5.74) is 6.13. The number of benzene rings is 1. The second-order valence-corrected chi connectivity index (χ2v) is 16.0. The number of piperazine rings is 1. The molecule has 288 valence electrons. The molecule has 3 fully saturated rings. The van der Waals surface area contributed by atoms with E-state index in [1.54, 1.807) is 25.9 Å². The normalized spacial score (nSPS) is 18.7. The first-order valence-electron chi connectivity index (χ1n) is 20.2. The Bertz CT molecular complexity index is 1880. The molecule has 11 nitrogen and oxygen atoms in total. The minimum Gasteiger partial charge on any atom is -0.393 e. The number of aliphatic hydroxyl groups excluding tert-OH is 1. The van der Waals surface area contributed by atoms with Crippen molar-refractivity contribution in [3.63, 3.8) is 0 Å². The third-order valence-corrected chi connectivity index (χ3v) is 12.1. The van der Waals surface area contributed by atoms with Gasteiger partial charge in [-0.2, -0.15) is 0 Å². The first kappa shape index (κ1) is 37.9. The molecule has 4 aromatic rings. The molecule has 0 spiro atoms. The highest BCUT2D eigenvalue weighted by Gasteiger charge is 2.29. The fourth-order valence-electron chi connectivity index (χ4n) is 8.91. The maximum Gasteiger partial charge on any atom is 0.270 e. The molecular formula is C43H58N8O3. The third kappa shape index (κ3) is 8.62. The number of rotatable bonds is 13. The van der Waals surface area contributed by atoms with E-state index in [2.05, 4.69) is 60.6 Å². The monoisotopic (exact) mass is 734 g/mol. The average molecular weight is 735 g/mol. The lowest BCUT2D eigenvalue weighted by Crippen LogP contribution is -2.53. The van der Waals surface area contributed by atoms with Crippen molar-refractivity contribution in [2.75, 3.05) is 63.2 Å². The quantitative estimate of drug-likeness (QED) is 0.176. The van der Waals surface area contributed by atoms with Crippen LogP contribution < -0.4 is 9.80 Å². The lowest BCUT2D eigenvalue weighted by Gasteiger charge is -2.43. The van der Waals surface area contributed by atoms with Gasteiger partial charge in [-0.05, 0) is 88.3 Å². The van der Waals surface area contributed by atoms with Crippen LogP contribution >= 0.6 is 0 Å². The molecular weight excluding hydrogens is 677 g/mol. The zero-order chi connectivity index (χ0) is 37.8. The summed E-state index contributed by atoms with van der Waals surface area (Å²) in [6, 6.07) is 15.8. The standard InChI is InChI=1S/C43H58N8O3/c1-30(52)12-16-39(31(2)53)32-8-7-11-37(26-32)48-20-18-35(19-21-48)49-22-24-50(25-23-49)38-15-13-34(44-29-38)14-17-41-45-28-33-27-40(43(54)47(3)4)51(42(33)46-41)36-9-5-6-10-36/h7-8,11,13,15,26-29,31,35-36,39,53H,5-6,9-10,12,14,16-25H2,1-4H3. The minimum atomic E-state index is -0.489. The number of aryl methyl sites for hydroxylation is 2. The first-order valence-corrected chi connectivity index (χ1v) is 20.2. The van der Waals surface area contributed by atoms with Gasteiger partial charge in [0.1, 0.15) is 22.9 Å². The summed E-state index contributed by atoms with van der Waals surface area (Å²) in [4.78, 5) is 48.5. The summed E-state index contributed by atoms with van der Waals surface area (Å²) in [5.74, 6) is 0.943. The van der Waals surface area contributed by atoms with Gasteiger partial charge in [0.25, 0.3) is 5.91 Å². The Labute approximate surface area is 320 Å². The smallest absolute Gasteiger partial charge is 0.270 e. The Morgan fingerprint density at radius 2 is 1.59 bits per heavy atom. The molecule has 3 aromatic heterocycles. The number of aromatic nitrogens is 4. The number of aliphatic hydroxyl groups is 1. The molecule has 1 aliphatic carbocycles. The summed E-state index contributed by atoms with van der Waals surface area (Å²) in [5, 5.41) is 11.4. The number of amides is 1. The molecule has 11 heteroatoms. The molecule has 1 N–H and O–H groups in total. The molecule has 2 aliphatic heterocycles. The molecule has 0 bridgehead atoms. The molecule has 2 unspecified atom stereocenters. The maximum absolute atomic E-state index is 13.1. The largest absolute Gasteiger partial charge is 0.393 e. The van der Waals surface area contributed by atoms with Crippen molar-refractivity contribution in [3.8, 4) is 0 Å². The second kappa shape index (κ2) is 17.0. The van der Waals surface area contributed by atoms with E-state index < -0.39 is 6.10 Å². The molecule has 2 atom stereocenters. The molecule has 5 heterocycles. The molecule has 0 radical (unpaired) electrons. The van der Waals surface area contributed by atoms with Gasteiger partial charge in [-0.25, -0.2) is 9.97 Å². The number of ketones is 1. The second-order valence-electron chi connectivity index (χ2n) is 16.0. The van der Waals surface area contributed by atoms with Crippen LogP contribution in [0.4, 0.5) is 11.4 Å². The number of pyridine rings is 1. The van der Waals surface area contributed by atoms with Crippen molar-refractivity contribution in [1.29, 1.82) is 0 Å². The Morgan fingerprint density at radius 3 is 2.26 bits per heavy atom. The fourth-order valence-corrected chi connectivity index (χ4v) is 8.91. The lowest BCUT2D eigenvalue weighted by molar-refractivity contribution is -0.117. The number of hydrogen-bond acceptors (Lipinski definition) is 9. The summed E-state index contributed by atoms with van der Waals surface area (Å²) >= 11 is 0. The van der Waals surface area contributed by atoms with Gasteiger partial charge in [-0.3, -0.25) is 14.7 Å². The molecule has 1 amide bonds. The van der Waals surface area contributed by atoms with Crippen molar-refractivity contribution in [3.05, 3.63) is 77.6 Å². The Balaban J connectivity index is 0.899. The summed E-state index contributed by atoms with van der Waals surface area (Å²) < 4.78 is 2.18. The van der Waals surface area contributed by atoms with E-state index >= 15 is 0 Å². The molecule has 7 rings (SSSR count). The van der Waals surface area contributed by atoms with Gasteiger partial charge in [-0.1, -0.05) is 25.0 Å². The van der Waals surface area contributed by atoms with Crippen LogP contribution in [0.15, 0.2) is 54.9 Å². The number of piperidine rings is 1. The van der Waals surface area contributed by atoms with E-state index in [-0.39, 0.29) is 17.6 Å². The van der Waals surface area contributed by atoms with Crippen molar-refractivity contribution >= 4 is 34.1 Å². The van der Waals surface area contributed by atoms with Crippen LogP contribution in [0.5, 0.6) is 0 Å². The lowest BCUT2D eigenvalue weighted by atomic mass is 9.88. The van der Waals surface area contributed by atoms with E-state index in [0.717, 1.165) is 99.5 Å². The van der Waals surface area contributed by atoms with Crippen LogP contribution in [0, 0.1) is 0 Å². The summed E-state index contributed by atoms with van der Waals surface area (Å²) in [7, 11) is 3.61. The van der Waals surface area contributed by atoms with Crippen LogP contribution in [0.25, 0.3) is 11.0 Å². The van der Waals surface area contributed by atoms with Crippen LogP contribution in [0.3, 0.4) is 0 Å². The van der Waals surface area contributed by atoms with Crippen LogP contribution in [-0.2, 0) is 17.6 Å². The highest BCUT2D eigenvalue weighted by Crippen LogP contribution is 2.35. The highest BCUT2D eigenvalue weighted by atomic mass is 16.3. The number of anilines is 2. The van der Waals surface area contributed by atoms with Crippen LogP contribution in [0.1, 0.15) is 105 Å². The van der Waals surface area contributed by atoms with E-state index in [1.807, 2.05) is 25.4 Å². The Hall–Kier alpha value is -4.35. The molecule has 54 heavy (non-hydrogen) atoms. The van der Waals surface area contributed by atoms with Gasteiger partial charge in [-0.15, -0.1) is 0 Å². The number of Topliss-reactive ketones (excluding diaryl/α,β-unsaturated/α-hetero) is 1. The van der Waals surface area contributed by atoms with Gasteiger partial charge in [0, 0.05) is 107 Å². The van der Waals surface area contributed by atoms with Gasteiger partial charge in [0.15, 0.2) is 0 Å². The third-order valence-electron chi connectivity index (χ3n) is 12.1. The average Bonchev–Trinajstić information content (AvgIpc) is 3.85. The number of fused-ring (bicyclic) bond motifs is 1. The Morgan fingerprint density at radius 1 is 0.852 bits per heavy atom. The van der Waals surface area contributed by atoms with Crippen molar-refractivity contribution in [1.82, 2.24) is 29.3 Å². The maximum atomic E-state index is 13.1. The molecule has 2 saturated heterocycles. The van der Waals surface area contributed by atoms with Crippen molar-refractivity contribution < 1.29 is 14.7 Å². The van der Waals surface area contributed by atoms with E-state index in [0.29, 0.717) is 37.0 Å².